The molecule has 1 saturated heterocycles. The largest absolute Gasteiger partial charge is 0.465 e. The van der Waals surface area contributed by atoms with E-state index in [1.165, 1.54) is 58.0 Å². The van der Waals surface area contributed by atoms with Crippen molar-refractivity contribution in [1.82, 2.24) is 0 Å². The molecule has 2 amide bonds. The number of ether oxygens (including phenoxy) is 5. The summed E-state index contributed by atoms with van der Waals surface area (Å²) < 4.78 is 175. The number of halogens is 14. The molecule has 17 nitrogen and oxygen atoms in total. The predicted molar refractivity (Wildman–Crippen MR) is 279 cm³/mol. The number of nitrogens with two attached hydrogens (primary N) is 2. The van der Waals surface area contributed by atoms with Gasteiger partial charge in [0.25, 0.3) is 0 Å². The Bertz CT molecular complexity index is 2960. The van der Waals surface area contributed by atoms with Crippen molar-refractivity contribution in [1.29, 1.82) is 0 Å². The lowest BCUT2D eigenvalue weighted by Gasteiger charge is -2.16. The minimum atomic E-state index is -4.80. The molecule has 5 rings (SSSR count). The molecular weight excluding hydrogens is 1330 g/mol. The smallest absolute Gasteiger partial charge is 0.417 e. The third-order valence-electron chi connectivity index (χ3n) is 9.97. The predicted octanol–water partition coefficient (Wildman–Crippen LogP) is 11.8. The zero-order valence-electron chi connectivity index (χ0n) is 43.1. The van der Waals surface area contributed by atoms with Crippen LogP contribution in [0, 0.1) is 7.14 Å². The summed E-state index contributed by atoms with van der Waals surface area (Å²) in [6.07, 6.45) is -15.5. The van der Waals surface area contributed by atoms with Gasteiger partial charge in [-0.1, -0.05) is 0 Å². The molecule has 0 bridgehead atoms. The molecule has 440 valence electrons. The molecule has 1 unspecified atom stereocenters. The van der Waals surface area contributed by atoms with Gasteiger partial charge in [-0.2, -0.15) is 52.7 Å². The summed E-state index contributed by atoms with van der Waals surface area (Å²) in [5.74, 6) is -6.36. The number of ketones is 2. The first-order chi connectivity index (χ1) is 36.6. The van der Waals surface area contributed by atoms with Crippen molar-refractivity contribution in [3.05, 3.63) is 111 Å². The Hall–Kier alpha value is -6.78. The molecule has 4 aromatic rings. The minimum absolute atomic E-state index is 0.0695. The summed E-state index contributed by atoms with van der Waals surface area (Å²) in [5, 5.41) is 4.30. The maximum atomic E-state index is 13.0. The summed E-state index contributed by atoms with van der Waals surface area (Å²) in [5.41, 5.74) is 3.21. The summed E-state index contributed by atoms with van der Waals surface area (Å²) in [7, 11) is 4.33. The third-order valence-corrected chi connectivity index (χ3v) is 11.8. The van der Waals surface area contributed by atoms with Crippen LogP contribution in [0.15, 0.2) is 48.5 Å². The maximum Gasteiger partial charge on any atom is 0.417 e. The number of amides is 2. The first kappa shape index (κ1) is 71.2. The third kappa shape index (κ3) is 21.4. The first-order valence-corrected chi connectivity index (χ1v) is 24.1. The van der Waals surface area contributed by atoms with Gasteiger partial charge in [0.15, 0.2) is 11.6 Å². The Labute approximate surface area is 474 Å². The van der Waals surface area contributed by atoms with Crippen molar-refractivity contribution in [2.75, 3.05) is 57.1 Å². The van der Waals surface area contributed by atoms with Crippen LogP contribution in [-0.4, -0.2) is 88.4 Å². The van der Waals surface area contributed by atoms with Crippen LogP contribution in [0.25, 0.3) is 0 Å². The second kappa shape index (κ2) is 30.2. The number of methoxy groups -OCH3 is 4. The summed E-state index contributed by atoms with van der Waals surface area (Å²) in [4.78, 5) is 90.1. The van der Waals surface area contributed by atoms with Gasteiger partial charge in [-0.25, -0.2) is 19.2 Å². The Morgan fingerprint density at radius 2 is 0.762 bits per heavy atom. The van der Waals surface area contributed by atoms with Gasteiger partial charge in [0.2, 0.25) is 11.8 Å². The van der Waals surface area contributed by atoms with Gasteiger partial charge in [0.1, 0.15) is 0 Å². The number of benzene rings is 4. The number of esters is 4. The van der Waals surface area contributed by atoms with Crippen LogP contribution in [0.2, 0.25) is 0 Å². The normalized spacial score (nSPS) is 12.9. The number of hydrogen-bond donors (Lipinski definition) is 4. The van der Waals surface area contributed by atoms with Crippen molar-refractivity contribution in [2.45, 2.75) is 78.3 Å². The number of nitrogens with one attached hydrogen (secondary N) is 2. The molecule has 0 spiro atoms. The van der Waals surface area contributed by atoms with E-state index in [2.05, 4.69) is 36.5 Å². The van der Waals surface area contributed by atoms with E-state index in [1.54, 1.807) is 0 Å². The summed E-state index contributed by atoms with van der Waals surface area (Å²) in [6, 6.07) is 6.20. The number of hydrogen-bond acceptors (Lipinski definition) is 15. The molecule has 0 aliphatic carbocycles. The van der Waals surface area contributed by atoms with E-state index in [1.807, 2.05) is 0 Å². The van der Waals surface area contributed by atoms with Gasteiger partial charge in [0.05, 0.1) is 90.4 Å². The Morgan fingerprint density at radius 1 is 0.475 bits per heavy atom. The van der Waals surface area contributed by atoms with Crippen molar-refractivity contribution < 1.29 is 115 Å². The first-order valence-electron chi connectivity index (χ1n) is 21.9. The van der Waals surface area contributed by atoms with Crippen LogP contribution >= 0.6 is 45.2 Å². The quantitative estimate of drug-likeness (QED) is 0.0319. The number of rotatable bonds is 8. The molecule has 1 fully saturated rings. The highest BCUT2D eigenvalue weighted by atomic mass is 127. The summed E-state index contributed by atoms with van der Waals surface area (Å²) in [6.45, 7) is 7.24. The van der Waals surface area contributed by atoms with Crippen molar-refractivity contribution in [3.63, 3.8) is 0 Å². The Kier molecular flexibility index (Phi) is 26.8. The molecule has 1 atom stereocenters. The van der Waals surface area contributed by atoms with Gasteiger partial charge < -0.3 is 45.8 Å². The Balaban J connectivity index is 0.000000516. The molecule has 1 aliphatic rings. The lowest BCUT2D eigenvalue weighted by atomic mass is 9.98. The zero-order chi connectivity index (χ0) is 62.2. The highest BCUT2D eigenvalue weighted by Crippen LogP contribution is 2.39. The van der Waals surface area contributed by atoms with Gasteiger partial charge in [0, 0.05) is 50.1 Å². The SMILES string of the molecule is CC1CCCO1.COC(=O)c1cc(C(C)=O)c(C(F)(F)F)cc1N.COC(=O)c1cc(C(C)=O)c(C(F)(F)F)cc1NC(C)=O.COC(=O)c1cc(I)c(C(F)(F)F)cc1N.COC(=O)c1cc(I)c(C(F)(F)F)cc1NC(C)=O. The van der Waals surface area contributed by atoms with Gasteiger partial charge in [-0.15, -0.1) is 0 Å². The van der Waals surface area contributed by atoms with Crippen LogP contribution in [0.4, 0.5) is 75.4 Å². The van der Waals surface area contributed by atoms with Gasteiger partial charge in [-0.3, -0.25) is 19.2 Å². The fourth-order valence-corrected chi connectivity index (χ4v) is 7.87. The number of alkyl halides is 12. The van der Waals surface area contributed by atoms with E-state index >= 15 is 0 Å². The van der Waals surface area contributed by atoms with E-state index in [0.29, 0.717) is 18.2 Å². The van der Waals surface area contributed by atoms with Crippen LogP contribution in [0.1, 0.15) is 132 Å². The molecule has 80 heavy (non-hydrogen) atoms. The van der Waals surface area contributed by atoms with Crippen LogP contribution < -0.4 is 22.1 Å². The Morgan fingerprint density at radius 3 is 1.06 bits per heavy atom. The van der Waals surface area contributed by atoms with Crippen molar-refractivity contribution in [3.8, 4) is 0 Å². The molecule has 0 saturated carbocycles. The van der Waals surface area contributed by atoms with Gasteiger partial charge >= 0.3 is 48.6 Å². The molecule has 1 aliphatic heterocycles. The van der Waals surface area contributed by atoms with E-state index in [-0.39, 0.29) is 52.1 Å². The standard InChI is InChI=1S/C13H12F3NO4.C11H9F3INO3.C11H10F3NO3.C9H7F3INO2.C5H10O/c1-6(18)8-4-9(12(20)21-3)11(17-7(2)19)5-10(8)13(14,15)16;1-5(17)16-9-4-7(11(12,13)14)8(15)3-6(9)10(18)19-2;1-5(16)6-3-7(10(17)18-2)9(15)4-8(6)11(12,13)14;1-16-8(15)4-2-6(13)5(3-7(4)14)9(10,11)12;1-5-3-2-4-6-5/h4-5H,1-3H3,(H,17,19);3-4H,1-2H3,(H,16,17);3-4H,15H2,1-2H3;2-3H,14H2,1H3;5H,2-4H2,1H3. The molecular formula is C49H48F12I2N4O13. The average Bonchev–Trinajstić information content (AvgIpc) is 3.83. The highest BCUT2D eigenvalue weighted by molar-refractivity contribution is 14.1. The van der Waals surface area contributed by atoms with Crippen LogP contribution in [0.3, 0.4) is 0 Å². The number of carbonyl (C=O) groups is 8. The topological polar surface area (TPSA) is 259 Å². The van der Waals surface area contributed by atoms with Crippen molar-refractivity contribution in [2.24, 2.45) is 0 Å². The molecule has 4 aromatic carbocycles. The molecule has 6 N–H and O–H groups in total. The molecule has 0 radical (unpaired) electrons. The van der Waals surface area contributed by atoms with E-state index < -0.39 is 105 Å². The highest BCUT2D eigenvalue weighted by Gasteiger charge is 2.39. The lowest BCUT2D eigenvalue weighted by molar-refractivity contribution is -0.139. The fraction of sp³-hybridized carbons (Fsp3) is 0.347. The van der Waals surface area contributed by atoms with Gasteiger partial charge in [-0.05, 0) is 127 Å². The van der Waals surface area contributed by atoms with E-state index in [9.17, 15) is 91.0 Å². The fourth-order valence-electron chi connectivity index (χ4n) is 6.32. The minimum Gasteiger partial charge on any atom is -0.465 e. The number of anilines is 4. The lowest BCUT2D eigenvalue weighted by Crippen LogP contribution is -2.18. The number of carbonyl (C=O) groups excluding carboxylic acids is 8. The second-order valence-corrected chi connectivity index (χ2v) is 18.3. The zero-order valence-corrected chi connectivity index (χ0v) is 47.4. The van der Waals surface area contributed by atoms with Crippen LogP contribution in [-0.2, 0) is 58.0 Å². The second-order valence-electron chi connectivity index (χ2n) is 16.0. The van der Waals surface area contributed by atoms with E-state index in [0.717, 1.165) is 99.1 Å². The van der Waals surface area contributed by atoms with Crippen LogP contribution in [0.5, 0.6) is 0 Å². The number of Topliss-reactive ketones (excluding diaryl/α,β-unsaturated/α-hetero) is 2. The van der Waals surface area contributed by atoms with E-state index in [4.69, 9.17) is 16.2 Å². The molecule has 1 heterocycles. The molecule has 31 heteroatoms. The maximum absolute atomic E-state index is 13.0. The van der Waals surface area contributed by atoms with Crippen molar-refractivity contribution >= 4 is 115 Å². The average molecular weight is 1380 g/mol. The summed E-state index contributed by atoms with van der Waals surface area (Å²) >= 11 is 2.97. The molecule has 0 aromatic heterocycles. The number of nitrogen functional groups attached to an aromatic ring is 2. The monoisotopic (exact) mass is 1380 g/mol.